The van der Waals surface area contributed by atoms with Crippen LogP contribution in [0.2, 0.25) is 0 Å². The van der Waals surface area contributed by atoms with Gasteiger partial charge in [-0.2, -0.15) is 0 Å². The molecule has 12 heavy (non-hydrogen) atoms. The molecule has 2 aliphatic rings. The molecule has 0 aromatic carbocycles. The van der Waals surface area contributed by atoms with Crippen LogP contribution in [0.5, 0.6) is 0 Å². The van der Waals surface area contributed by atoms with Crippen LogP contribution < -0.4 is 0 Å². The molecule has 0 aliphatic heterocycles. The Morgan fingerprint density at radius 1 is 1.58 bits per heavy atom. The molecule has 0 nitrogen and oxygen atoms in total. The Hall–Kier alpha value is -0.260. The predicted molar refractivity (Wildman–Crippen MR) is 53.0 cm³/mol. The van der Waals surface area contributed by atoms with E-state index in [9.17, 15) is 0 Å². The van der Waals surface area contributed by atoms with Crippen LogP contribution in [0.3, 0.4) is 0 Å². The average molecular weight is 164 g/mol. The molecule has 2 fully saturated rings. The second-order valence-corrected chi connectivity index (χ2v) is 4.77. The molecule has 0 aromatic rings. The second-order valence-electron chi connectivity index (χ2n) is 4.77. The van der Waals surface area contributed by atoms with Gasteiger partial charge in [0, 0.05) is 0 Å². The zero-order chi connectivity index (χ0) is 8.77. The van der Waals surface area contributed by atoms with E-state index in [-0.39, 0.29) is 0 Å². The molecule has 3 atom stereocenters. The van der Waals surface area contributed by atoms with E-state index in [1.54, 1.807) is 5.57 Å². The first-order chi connectivity index (χ1) is 5.71. The van der Waals surface area contributed by atoms with Gasteiger partial charge in [-0.05, 0) is 42.9 Å². The lowest BCUT2D eigenvalue weighted by Crippen LogP contribution is -2.11. The van der Waals surface area contributed by atoms with Crippen molar-refractivity contribution in [1.29, 1.82) is 0 Å². The molecule has 1 unspecified atom stereocenters. The van der Waals surface area contributed by atoms with Gasteiger partial charge in [-0.25, -0.2) is 0 Å². The zero-order valence-electron chi connectivity index (χ0n) is 8.40. The Balaban J connectivity index is 2.12. The van der Waals surface area contributed by atoms with Crippen molar-refractivity contribution < 1.29 is 0 Å². The largest absolute Gasteiger partial charge is 0.0993 e. The molecule has 0 heteroatoms. The third-order valence-corrected chi connectivity index (χ3v) is 4.18. The summed E-state index contributed by atoms with van der Waals surface area (Å²) in [5.74, 6) is 1.94. The Morgan fingerprint density at radius 2 is 2.25 bits per heavy atom. The van der Waals surface area contributed by atoms with Crippen LogP contribution in [0.4, 0.5) is 0 Å². The van der Waals surface area contributed by atoms with Crippen molar-refractivity contribution in [2.45, 2.75) is 46.0 Å². The maximum atomic E-state index is 4.25. The van der Waals surface area contributed by atoms with Crippen molar-refractivity contribution >= 4 is 0 Å². The third kappa shape index (κ3) is 0.901. The Morgan fingerprint density at radius 3 is 2.75 bits per heavy atom. The highest BCUT2D eigenvalue weighted by molar-refractivity contribution is 5.28. The van der Waals surface area contributed by atoms with E-state index < -0.39 is 0 Å². The normalized spacial score (nSPS) is 45.7. The Labute approximate surface area is 76.1 Å². The summed E-state index contributed by atoms with van der Waals surface area (Å²) in [4.78, 5) is 0. The van der Waals surface area contributed by atoms with Gasteiger partial charge in [0.25, 0.3) is 0 Å². The zero-order valence-corrected chi connectivity index (χ0v) is 8.40. The lowest BCUT2D eigenvalue weighted by atomic mass is 9.85. The van der Waals surface area contributed by atoms with Crippen LogP contribution in [0.25, 0.3) is 0 Å². The highest BCUT2D eigenvalue weighted by Crippen LogP contribution is 2.68. The first-order valence-corrected chi connectivity index (χ1v) is 5.40. The summed E-state index contributed by atoms with van der Waals surface area (Å²) in [6, 6.07) is 0. The maximum absolute atomic E-state index is 4.25. The van der Waals surface area contributed by atoms with Crippen LogP contribution >= 0.6 is 0 Å². The molecule has 0 amide bonds. The van der Waals surface area contributed by atoms with Crippen LogP contribution in [0, 0.1) is 17.3 Å². The summed E-state index contributed by atoms with van der Waals surface area (Å²) in [5, 5.41) is 0. The number of allylic oxidation sites excluding steroid dienone is 1. The Kier molecular flexibility index (Phi) is 1.82. The fourth-order valence-corrected chi connectivity index (χ4v) is 3.39. The van der Waals surface area contributed by atoms with Crippen LogP contribution in [-0.4, -0.2) is 0 Å². The van der Waals surface area contributed by atoms with Gasteiger partial charge in [0.05, 0.1) is 0 Å². The lowest BCUT2D eigenvalue weighted by molar-refractivity contribution is 0.350. The SMILES string of the molecule is C=C1CCC(CCC)[C@@]12C[C@@H]2C. The molecule has 0 heterocycles. The molecule has 68 valence electrons. The molecule has 1 spiro atoms. The molecule has 2 saturated carbocycles. The van der Waals surface area contributed by atoms with Crippen molar-refractivity contribution in [1.82, 2.24) is 0 Å². The molecule has 2 aliphatic carbocycles. The van der Waals surface area contributed by atoms with Gasteiger partial charge in [-0.15, -0.1) is 0 Å². The number of hydrogen-bond acceptors (Lipinski definition) is 0. The molecule has 2 rings (SSSR count). The Bertz CT molecular complexity index is 204. The second kappa shape index (κ2) is 2.61. The number of hydrogen-bond donors (Lipinski definition) is 0. The quantitative estimate of drug-likeness (QED) is 0.545. The molecule has 0 bridgehead atoms. The van der Waals surface area contributed by atoms with Crippen molar-refractivity contribution in [3.8, 4) is 0 Å². The molecule has 0 aromatic heterocycles. The van der Waals surface area contributed by atoms with E-state index in [4.69, 9.17) is 0 Å². The fraction of sp³-hybridized carbons (Fsp3) is 0.833. The van der Waals surface area contributed by atoms with Crippen LogP contribution in [-0.2, 0) is 0 Å². The van der Waals surface area contributed by atoms with Gasteiger partial charge in [0.1, 0.15) is 0 Å². The minimum Gasteiger partial charge on any atom is -0.0993 e. The topological polar surface area (TPSA) is 0 Å². The fourth-order valence-electron chi connectivity index (χ4n) is 3.39. The summed E-state index contributed by atoms with van der Waals surface area (Å²) < 4.78 is 0. The molecule has 0 radical (unpaired) electrons. The van der Waals surface area contributed by atoms with Gasteiger partial charge in [0.2, 0.25) is 0 Å². The van der Waals surface area contributed by atoms with E-state index in [1.807, 2.05) is 0 Å². The standard InChI is InChI=1S/C12H20/c1-4-5-11-7-6-9(2)12(11)8-10(12)3/h10-11H,2,4-8H2,1,3H3/t10-,11?,12-/m0/s1. The lowest BCUT2D eigenvalue weighted by Gasteiger charge is -2.19. The van der Waals surface area contributed by atoms with Crippen molar-refractivity contribution in [3.63, 3.8) is 0 Å². The molecular weight excluding hydrogens is 144 g/mol. The summed E-state index contributed by atoms with van der Waals surface area (Å²) in [7, 11) is 0. The first kappa shape index (κ1) is 8.34. The van der Waals surface area contributed by atoms with Crippen molar-refractivity contribution in [2.75, 3.05) is 0 Å². The number of rotatable bonds is 2. The monoisotopic (exact) mass is 164 g/mol. The van der Waals surface area contributed by atoms with Crippen molar-refractivity contribution in [3.05, 3.63) is 12.2 Å². The van der Waals surface area contributed by atoms with E-state index in [0.717, 1.165) is 11.8 Å². The maximum Gasteiger partial charge on any atom is -0.00337 e. The van der Waals surface area contributed by atoms with Gasteiger partial charge in [-0.3, -0.25) is 0 Å². The third-order valence-electron chi connectivity index (χ3n) is 4.18. The van der Waals surface area contributed by atoms with E-state index in [0.29, 0.717) is 5.41 Å². The highest BCUT2D eigenvalue weighted by Gasteiger charge is 2.59. The van der Waals surface area contributed by atoms with Crippen LogP contribution in [0.15, 0.2) is 12.2 Å². The van der Waals surface area contributed by atoms with E-state index in [2.05, 4.69) is 20.4 Å². The van der Waals surface area contributed by atoms with Gasteiger partial charge < -0.3 is 0 Å². The average Bonchev–Trinajstić information content (AvgIpc) is 2.62. The van der Waals surface area contributed by atoms with E-state index >= 15 is 0 Å². The minimum atomic E-state index is 0.635. The smallest absolute Gasteiger partial charge is 0.00337 e. The van der Waals surface area contributed by atoms with Gasteiger partial charge >= 0.3 is 0 Å². The minimum absolute atomic E-state index is 0.635. The summed E-state index contributed by atoms with van der Waals surface area (Å²) >= 11 is 0. The molecular formula is C12H20. The van der Waals surface area contributed by atoms with Gasteiger partial charge in [0.15, 0.2) is 0 Å². The van der Waals surface area contributed by atoms with Crippen LogP contribution in [0.1, 0.15) is 46.0 Å². The first-order valence-electron chi connectivity index (χ1n) is 5.40. The summed E-state index contributed by atoms with van der Waals surface area (Å²) in [5.41, 5.74) is 2.21. The van der Waals surface area contributed by atoms with Gasteiger partial charge in [-0.1, -0.05) is 32.4 Å². The van der Waals surface area contributed by atoms with E-state index in [1.165, 1.54) is 32.1 Å². The molecule has 0 saturated heterocycles. The molecule has 0 N–H and O–H groups in total. The summed E-state index contributed by atoms with van der Waals surface area (Å²) in [6.45, 7) is 8.96. The summed E-state index contributed by atoms with van der Waals surface area (Å²) in [6.07, 6.45) is 6.97. The predicted octanol–water partition coefficient (Wildman–Crippen LogP) is 3.78. The van der Waals surface area contributed by atoms with Crippen molar-refractivity contribution in [2.24, 2.45) is 17.3 Å². The highest BCUT2D eigenvalue weighted by atomic mass is 14.6.